The molecule has 4 aliphatic rings. The van der Waals surface area contributed by atoms with Crippen molar-refractivity contribution in [2.24, 2.45) is 22.2 Å². The molecule has 1 amide bonds. The summed E-state index contributed by atoms with van der Waals surface area (Å²) in [5.41, 5.74) is 1.36. The van der Waals surface area contributed by atoms with Gasteiger partial charge in [-0.15, -0.1) is 0 Å². The lowest BCUT2D eigenvalue weighted by molar-refractivity contribution is -0.156. The van der Waals surface area contributed by atoms with Gasteiger partial charge < -0.3 is 5.32 Å². The summed E-state index contributed by atoms with van der Waals surface area (Å²) >= 11 is 3.44. The predicted octanol–water partition coefficient (Wildman–Crippen LogP) is 4.66. The molecule has 2 atom stereocenters. The van der Waals surface area contributed by atoms with Gasteiger partial charge in [-0.05, 0) is 73.5 Å². The summed E-state index contributed by atoms with van der Waals surface area (Å²) in [5.74, 6) is 1.19. The molecule has 21 heavy (non-hydrogen) atoms. The highest BCUT2D eigenvalue weighted by Gasteiger charge is 2.60. The van der Waals surface area contributed by atoms with Crippen molar-refractivity contribution in [1.82, 2.24) is 5.32 Å². The molecular formula is C18H30BrNO. The molecule has 0 heterocycles. The van der Waals surface area contributed by atoms with E-state index in [1.54, 1.807) is 0 Å². The van der Waals surface area contributed by atoms with Crippen molar-refractivity contribution in [1.29, 1.82) is 0 Å². The van der Waals surface area contributed by atoms with Crippen LogP contribution in [-0.2, 0) is 4.79 Å². The van der Waals surface area contributed by atoms with E-state index in [9.17, 15) is 4.79 Å². The molecule has 4 bridgehead atoms. The molecule has 0 spiro atoms. The minimum absolute atomic E-state index is 0.304. The summed E-state index contributed by atoms with van der Waals surface area (Å²) in [7, 11) is 0. The van der Waals surface area contributed by atoms with Gasteiger partial charge in [0.15, 0.2) is 0 Å². The van der Waals surface area contributed by atoms with Crippen molar-refractivity contribution in [3.63, 3.8) is 0 Å². The van der Waals surface area contributed by atoms with Crippen molar-refractivity contribution in [2.75, 3.05) is 11.9 Å². The number of halogens is 1. The second-order valence-corrected chi connectivity index (χ2v) is 9.85. The van der Waals surface area contributed by atoms with Crippen molar-refractivity contribution < 1.29 is 4.79 Å². The van der Waals surface area contributed by atoms with Crippen molar-refractivity contribution in [3.8, 4) is 0 Å². The number of rotatable bonds is 6. The van der Waals surface area contributed by atoms with Gasteiger partial charge in [-0.25, -0.2) is 0 Å². The standard InChI is InChI=1S/C18H30BrNO/c1-16-7-14-8-17(2,11-16)13-18(9-14,12-16)10-15(21)20-6-4-3-5-19/h14H,3-13H2,1-2H3,(H,20,21). The maximum absolute atomic E-state index is 12.4. The van der Waals surface area contributed by atoms with Crippen LogP contribution in [0.25, 0.3) is 0 Å². The fourth-order valence-electron chi connectivity index (χ4n) is 6.73. The lowest BCUT2D eigenvalue weighted by Crippen LogP contribution is -2.56. The van der Waals surface area contributed by atoms with E-state index >= 15 is 0 Å². The molecule has 4 fully saturated rings. The van der Waals surface area contributed by atoms with Gasteiger partial charge in [-0.2, -0.15) is 0 Å². The monoisotopic (exact) mass is 355 g/mol. The Balaban J connectivity index is 1.61. The summed E-state index contributed by atoms with van der Waals surface area (Å²) < 4.78 is 0. The van der Waals surface area contributed by atoms with Gasteiger partial charge in [0.05, 0.1) is 0 Å². The van der Waals surface area contributed by atoms with E-state index in [2.05, 4.69) is 35.1 Å². The van der Waals surface area contributed by atoms with Gasteiger partial charge in [-0.3, -0.25) is 4.79 Å². The van der Waals surface area contributed by atoms with E-state index in [-0.39, 0.29) is 0 Å². The first kappa shape index (κ1) is 15.8. The van der Waals surface area contributed by atoms with Crippen LogP contribution in [-0.4, -0.2) is 17.8 Å². The highest BCUT2D eigenvalue weighted by atomic mass is 79.9. The normalized spacial score (nSPS) is 44.0. The Kier molecular flexibility index (Phi) is 4.18. The molecular weight excluding hydrogens is 326 g/mol. The number of alkyl halides is 1. The van der Waals surface area contributed by atoms with Gasteiger partial charge in [0.25, 0.3) is 0 Å². The number of hydrogen-bond donors (Lipinski definition) is 1. The quantitative estimate of drug-likeness (QED) is 0.544. The highest BCUT2D eigenvalue weighted by Crippen LogP contribution is 2.70. The molecule has 1 N–H and O–H groups in total. The van der Waals surface area contributed by atoms with Crippen LogP contribution in [0.3, 0.4) is 0 Å². The van der Waals surface area contributed by atoms with Crippen LogP contribution < -0.4 is 5.32 Å². The average Bonchev–Trinajstić information content (AvgIpc) is 2.29. The third kappa shape index (κ3) is 3.33. The molecule has 120 valence electrons. The van der Waals surface area contributed by atoms with Gasteiger partial charge in [0, 0.05) is 18.3 Å². The minimum atomic E-state index is 0.304. The zero-order valence-electron chi connectivity index (χ0n) is 13.6. The van der Waals surface area contributed by atoms with Crippen LogP contribution in [0.2, 0.25) is 0 Å². The Labute approximate surface area is 138 Å². The number of hydrogen-bond acceptors (Lipinski definition) is 1. The molecule has 0 radical (unpaired) electrons. The lowest BCUT2D eigenvalue weighted by atomic mass is 9.40. The van der Waals surface area contributed by atoms with Gasteiger partial charge >= 0.3 is 0 Å². The molecule has 0 saturated heterocycles. The number of carbonyl (C=O) groups excluding carboxylic acids is 1. The van der Waals surface area contributed by atoms with Crippen molar-refractivity contribution in [2.45, 2.75) is 71.6 Å². The summed E-state index contributed by atoms with van der Waals surface area (Å²) in [6, 6.07) is 0. The first-order valence-corrected chi connectivity index (χ1v) is 9.81. The summed E-state index contributed by atoms with van der Waals surface area (Å²) in [5, 5.41) is 4.19. The maximum atomic E-state index is 12.4. The van der Waals surface area contributed by atoms with Gasteiger partial charge in [-0.1, -0.05) is 29.8 Å². The molecule has 2 unspecified atom stereocenters. The highest BCUT2D eigenvalue weighted by molar-refractivity contribution is 9.09. The van der Waals surface area contributed by atoms with Crippen molar-refractivity contribution in [3.05, 3.63) is 0 Å². The van der Waals surface area contributed by atoms with Crippen molar-refractivity contribution >= 4 is 21.8 Å². The molecule has 0 aromatic rings. The molecule has 3 heteroatoms. The Hall–Kier alpha value is -0.0500. The molecule has 4 saturated carbocycles. The Morgan fingerprint density at radius 2 is 1.76 bits per heavy atom. The Morgan fingerprint density at radius 3 is 2.33 bits per heavy atom. The number of nitrogens with one attached hydrogen (secondary N) is 1. The second-order valence-electron chi connectivity index (χ2n) is 9.05. The van der Waals surface area contributed by atoms with E-state index < -0.39 is 0 Å². The fraction of sp³-hybridized carbons (Fsp3) is 0.944. The minimum Gasteiger partial charge on any atom is -0.356 e. The van der Waals surface area contributed by atoms with E-state index in [0.717, 1.165) is 37.1 Å². The zero-order valence-corrected chi connectivity index (χ0v) is 15.2. The first-order chi connectivity index (χ1) is 9.86. The van der Waals surface area contributed by atoms with E-state index in [0.29, 0.717) is 22.2 Å². The van der Waals surface area contributed by atoms with E-state index in [1.807, 2.05) is 0 Å². The van der Waals surface area contributed by atoms with Crippen LogP contribution in [0.5, 0.6) is 0 Å². The zero-order chi connectivity index (χ0) is 15.1. The molecule has 4 rings (SSSR count). The third-order valence-corrected chi connectivity index (χ3v) is 6.72. The van der Waals surface area contributed by atoms with Crippen LogP contribution in [0.15, 0.2) is 0 Å². The largest absolute Gasteiger partial charge is 0.356 e. The topological polar surface area (TPSA) is 29.1 Å². The predicted molar refractivity (Wildman–Crippen MR) is 90.5 cm³/mol. The third-order valence-electron chi connectivity index (χ3n) is 6.16. The van der Waals surface area contributed by atoms with Crippen LogP contribution in [0, 0.1) is 22.2 Å². The maximum Gasteiger partial charge on any atom is 0.220 e. The van der Waals surface area contributed by atoms with Crippen LogP contribution in [0.1, 0.15) is 71.6 Å². The summed E-state index contributed by atoms with van der Waals surface area (Å²) in [6.45, 7) is 5.81. The molecule has 0 aliphatic heterocycles. The number of unbranched alkanes of at least 4 members (excludes halogenated alkanes) is 1. The molecule has 4 aliphatic carbocycles. The van der Waals surface area contributed by atoms with E-state index in [1.165, 1.54) is 38.5 Å². The second kappa shape index (κ2) is 5.54. The molecule has 0 aromatic heterocycles. The smallest absolute Gasteiger partial charge is 0.220 e. The summed E-state index contributed by atoms with van der Waals surface area (Å²) in [6.07, 6.45) is 11.1. The lowest BCUT2D eigenvalue weighted by Gasteiger charge is -2.65. The molecule has 2 nitrogen and oxygen atoms in total. The molecule has 0 aromatic carbocycles. The number of carbonyl (C=O) groups is 1. The Morgan fingerprint density at radius 1 is 1.10 bits per heavy atom. The SMILES string of the molecule is CC12CC3CC(C)(C1)CC(CC(=O)NCCCCBr)(C3)C2. The van der Waals surface area contributed by atoms with Crippen LogP contribution in [0.4, 0.5) is 0 Å². The Bertz CT molecular complexity index is 403. The van der Waals surface area contributed by atoms with E-state index in [4.69, 9.17) is 0 Å². The van der Waals surface area contributed by atoms with Crippen LogP contribution >= 0.6 is 15.9 Å². The van der Waals surface area contributed by atoms with Gasteiger partial charge in [0.1, 0.15) is 0 Å². The first-order valence-electron chi connectivity index (χ1n) is 8.69. The summed E-state index contributed by atoms with van der Waals surface area (Å²) in [4.78, 5) is 12.4. The number of amides is 1. The fourth-order valence-corrected chi connectivity index (χ4v) is 7.13. The average molecular weight is 356 g/mol. The van der Waals surface area contributed by atoms with Gasteiger partial charge in [0.2, 0.25) is 5.91 Å².